The summed E-state index contributed by atoms with van der Waals surface area (Å²) in [5.74, 6) is -0.752. The normalized spacial score (nSPS) is 19.8. The fourth-order valence-electron chi connectivity index (χ4n) is 16.8. The predicted molar refractivity (Wildman–Crippen MR) is 448 cm³/mol. The van der Waals surface area contributed by atoms with Crippen LogP contribution in [0.5, 0.6) is 5.75 Å². The Bertz CT molecular complexity index is 4650. The number of amides is 1. The second-order valence-electron chi connectivity index (χ2n) is 31.0. The molecule has 0 radical (unpaired) electrons. The quantitative estimate of drug-likeness (QED) is 0.0433. The van der Waals surface area contributed by atoms with Gasteiger partial charge in [0.15, 0.2) is 0 Å². The van der Waals surface area contributed by atoms with Gasteiger partial charge in [-0.1, -0.05) is 15.9 Å². The fourth-order valence-corrected chi connectivity index (χ4v) is 17.2. The van der Waals surface area contributed by atoms with E-state index in [0.717, 1.165) is 129 Å². The van der Waals surface area contributed by atoms with Crippen LogP contribution in [0.15, 0.2) is 107 Å². The smallest absolute Gasteiger partial charge is 0.338 e. The molecule has 5 heterocycles. The van der Waals surface area contributed by atoms with Gasteiger partial charge in [0.05, 0.1) is 87.9 Å². The number of aromatic amines is 1. The number of halogens is 1. The lowest BCUT2D eigenvalue weighted by molar-refractivity contribution is 0.0593. The summed E-state index contributed by atoms with van der Waals surface area (Å²) in [7, 11) is 23.0. The number of pyridine rings is 1. The Morgan fingerprint density at radius 2 is 0.829 bits per heavy atom. The summed E-state index contributed by atoms with van der Waals surface area (Å²) in [5, 5.41) is 9.75. The monoisotopic (exact) mass is 1590 g/mol. The molecule has 5 aromatic heterocycles. The Kier molecular flexibility index (Phi) is 30.9. The first-order valence-electron chi connectivity index (χ1n) is 39.3. The second kappa shape index (κ2) is 39.7. The molecule has 0 spiro atoms. The van der Waals surface area contributed by atoms with Gasteiger partial charge < -0.3 is 87.4 Å². The Balaban J connectivity index is 0.000000168. The molecule has 111 heavy (non-hydrogen) atoms. The van der Waals surface area contributed by atoms with E-state index in [4.69, 9.17) is 42.3 Å². The number of rotatable bonds is 19. The van der Waals surface area contributed by atoms with Crippen LogP contribution < -0.4 is 36.5 Å². The molecule has 4 aliphatic rings. The van der Waals surface area contributed by atoms with Crippen molar-refractivity contribution in [2.75, 3.05) is 113 Å². The Morgan fingerprint density at radius 3 is 1.23 bits per heavy atom. The van der Waals surface area contributed by atoms with E-state index in [1.54, 1.807) is 44.1 Å². The molecule has 4 aliphatic carbocycles. The molecule has 0 bridgehead atoms. The molecule has 4 saturated carbocycles. The molecule has 24 heteroatoms. The molecule has 4 aromatic carbocycles. The largest absolute Gasteiger partial charge is 0.496 e. The minimum atomic E-state index is -0.347. The molecule has 1 amide bonds. The predicted octanol–water partition coefficient (Wildman–Crippen LogP) is 16.5. The van der Waals surface area contributed by atoms with Crippen molar-refractivity contribution in [1.82, 2.24) is 29.9 Å². The minimum Gasteiger partial charge on any atom is -0.496 e. The summed E-state index contributed by atoms with van der Waals surface area (Å²) < 4.78 is 43.2. The number of H-pyrrole nitrogens is 1. The maximum absolute atomic E-state index is 13.6. The molecule has 0 atom stereocenters. The van der Waals surface area contributed by atoms with Crippen LogP contribution in [0.3, 0.4) is 0 Å². The number of carbonyl (C=O) groups excluding carboxylic acids is 4. The molecule has 5 N–H and O–H groups in total. The second-order valence-corrected chi connectivity index (χ2v) is 31.8. The van der Waals surface area contributed by atoms with Crippen LogP contribution in [0.2, 0.25) is 0 Å². The summed E-state index contributed by atoms with van der Waals surface area (Å²) in [6.45, 7) is 15.8. The molecule has 0 aliphatic heterocycles. The van der Waals surface area contributed by atoms with E-state index in [2.05, 4.69) is 143 Å². The summed E-state index contributed by atoms with van der Waals surface area (Å²) >= 11 is 3.38. The Morgan fingerprint density at radius 1 is 0.477 bits per heavy atom. The SMILES string of the molecule is CCN(c1cc2occc2c(C(=O)NCc2c(OC)cc(C)[nH]c2=O)c1C)C1CCC(N(C)C)CC1.CCN(c1cc2occc2c(C(=O)OC)c1C)C1CCC(N(C)C)CC1.CN(C)C1CCC(N)CC1.COC(=O)c1c(C)c(Br)cc2occc12.COC(=O)c1c(C)c(NC2CCC(N(C)C)CC2)cc2occc12. The number of nitrogens with one attached hydrogen (secondary N) is 3. The fraction of sp³-hybridized carbons (Fsp3) is 0.529. The average Bonchev–Trinajstić information content (AvgIpc) is 1.74. The van der Waals surface area contributed by atoms with Crippen molar-refractivity contribution in [3.8, 4) is 5.75 Å². The molecule has 4 fully saturated rings. The van der Waals surface area contributed by atoms with Crippen LogP contribution >= 0.6 is 15.9 Å². The van der Waals surface area contributed by atoms with Gasteiger partial charge >= 0.3 is 17.9 Å². The lowest BCUT2D eigenvalue weighted by Gasteiger charge is -2.40. The number of methoxy groups -OCH3 is 4. The Labute approximate surface area is 663 Å². The zero-order valence-electron chi connectivity index (χ0n) is 69.0. The van der Waals surface area contributed by atoms with Gasteiger partial charge in [-0.05, 0) is 266 Å². The first kappa shape index (κ1) is 86.3. The highest BCUT2D eigenvalue weighted by molar-refractivity contribution is 9.10. The molecule has 23 nitrogen and oxygen atoms in total. The van der Waals surface area contributed by atoms with Crippen molar-refractivity contribution in [1.29, 1.82) is 0 Å². The van der Waals surface area contributed by atoms with Crippen LogP contribution in [0.25, 0.3) is 43.9 Å². The zero-order valence-corrected chi connectivity index (χ0v) is 70.6. The third kappa shape index (κ3) is 20.6. The molecular formula is C87H121BrN10O13. The number of esters is 3. The van der Waals surface area contributed by atoms with Crippen LogP contribution in [0.1, 0.15) is 192 Å². The lowest BCUT2D eigenvalue weighted by Crippen LogP contribution is -2.42. The number of carbonyl (C=O) groups is 4. The minimum absolute atomic E-state index is 0.0622. The Hall–Kier alpha value is -8.65. The number of hydrogen-bond acceptors (Lipinski definition) is 21. The van der Waals surface area contributed by atoms with Crippen LogP contribution in [0.4, 0.5) is 17.1 Å². The number of anilines is 3. The third-order valence-corrected chi connectivity index (χ3v) is 24.3. The van der Waals surface area contributed by atoms with E-state index in [0.29, 0.717) is 98.3 Å². The van der Waals surface area contributed by atoms with Gasteiger partial charge in [-0.3, -0.25) is 9.59 Å². The van der Waals surface area contributed by atoms with Crippen molar-refractivity contribution in [2.24, 2.45) is 5.73 Å². The van der Waals surface area contributed by atoms with E-state index in [1.165, 1.54) is 92.6 Å². The zero-order chi connectivity index (χ0) is 80.7. The van der Waals surface area contributed by atoms with Crippen molar-refractivity contribution in [2.45, 2.75) is 206 Å². The van der Waals surface area contributed by atoms with Gasteiger partial charge in [0.25, 0.3) is 11.5 Å². The van der Waals surface area contributed by atoms with Gasteiger partial charge in [-0.2, -0.15) is 0 Å². The summed E-state index contributed by atoms with van der Waals surface area (Å²) in [6, 6.07) is 21.6. The van der Waals surface area contributed by atoms with Crippen molar-refractivity contribution in [3.05, 3.63) is 150 Å². The standard InChI is InChI=1S/C28H38N4O4.C21H30N2O3.C19H26N2O3.C11H9BrO3.C8H18N2/c1-7-32(20-10-8-19(9-11-20)31(4)5)23-15-25-21(12-13-36-25)26(18(23)3)28(34)29-16-22-24(35-6)14-17(2)30-27(22)33;1-6-23(16-9-7-15(8-10-16)22(3)4)18-13-19-17(11-12-26-19)20(14(18)2)21(24)25-5;1-12-16(20-13-5-7-14(8-6-13)21(2)3)11-17-15(9-10-24-17)18(12)19(22)23-4;1-6-8(12)5-9-7(3-4-15-9)10(6)11(13)14-2;1-10(2)8-5-3-7(9)4-6-8/h12-15,19-20H,7-11,16H2,1-6H3,(H,29,34)(H,30,33);11-13,15-16H,6-10H2,1-5H3;9-11,13-14,20H,5-8H2,1-4H3;3-5H,1-2H3;7-8H,3-6,9H2,1-2H3. The number of nitrogens with two attached hydrogens (primary N) is 1. The van der Waals surface area contributed by atoms with Gasteiger partial charge in [0, 0.05) is 128 Å². The summed E-state index contributed by atoms with van der Waals surface area (Å²) in [6.07, 6.45) is 25.4. The number of fused-ring (bicyclic) bond motifs is 4. The summed E-state index contributed by atoms with van der Waals surface area (Å²) in [4.78, 5) is 79.2. The topological polar surface area (TPSA) is 260 Å². The number of furan rings is 4. The van der Waals surface area contributed by atoms with E-state index < -0.39 is 0 Å². The molecule has 13 rings (SSSR count). The lowest BCUT2D eigenvalue weighted by atomic mass is 9.88. The van der Waals surface area contributed by atoms with Crippen molar-refractivity contribution < 1.29 is 55.8 Å². The molecule has 0 unspecified atom stereocenters. The van der Waals surface area contributed by atoms with Gasteiger partial charge in [-0.15, -0.1) is 0 Å². The van der Waals surface area contributed by atoms with Gasteiger partial charge in [0.1, 0.15) is 28.1 Å². The average molecular weight is 1590 g/mol. The highest BCUT2D eigenvalue weighted by Gasteiger charge is 2.33. The molecular weight excluding hydrogens is 1470 g/mol. The first-order valence-corrected chi connectivity index (χ1v) is 40.1. The van der Waals surface area contributed by atoms with E-state index in [9.17, 15) is 24.0 Å². The van der Waals surface area contributed by atoms with Crippen molar-refractivity contribution >= 4 is 101 Å². The van der Waals surface area contributed by atoms with Crippen LogP contribution in [-0.4, -0.2) is 195 Å². The van der Waals surface area contributed by atoms with E-state index in [-0.39, 0.29) is 35.9 Å². The maximum atomic E-state index is 13.6. The summed E-state index contributed by atoms with van der Waals surface area (Å²) in [5.41, 5.74) is 18.5. The number of nitrogens with zero attached hydrogens (tertiary/aromatic N) is 6. The number of ether oxygens (including phenoxy) is 4. The van der Waals surface area contributed by atoms with Crippen molar-refractivity contribution in [3.63, 3.8) is 0 Å². The highest BCUT2D eigenvalue weighted by Crippen LogP contribution is 2.40. The molecule has 0 saturated heterocycles. The van der Waals surface area contributed by atoms with Crippen LogP contribution in [-0.2, 0) is 20.8 Å². The molecule has 604 valence electrons. The van der Waals surface area contributed by atoms with Gasteiger partial charge in [0.2, 0.25) is 0 Å². The van der Waals surface area contributed by atoms with Gasteiger partial charge in [-0.25, -0.2) is 14.4 Å². The van der Waals surface area contributed by atoms with E-state index >= 15 is 0 Å². The number of benzene rings is 4. The number of aromatic nitrogens is 1. The number of hydrogen-bond donors (Lipinski definition) is 4. The maximum Gasteiger partial charge on any atom is 0.338 e. The highest BCUT2D eigenvalue weighted by atomic mass is 79.9. The molecule has 9 aromatic rings. The first-order chi connectivity index (χ1) is 53.1. The number of aryl methyl sites for hydroxylation is 1. The van der Waals surface area contributed by atoms with E-state index in [1.807, 2.05) is 58.0 Å². The third-order valence-electron chi connectivity index (χ3n) is 23.5. The van der Waals surface area contributed by atoms with Crippen LogP contribution in [0, 0.1) is 34.6 Å².